The summed E-state index contributed by atoms with van der Waals surface area (Å²) in [5, 5.41) is 0.155. The SMILES string of the molecule is CCOC(=O)C(Cc1ccc(OS(=O)(=O)c2cc(Cl)ccc2Cl)cc1)NS(=O)(=O)c1cc(Cl)ccc1Cl. The van der Waals surface area contributed by atoms with Gasteiger partial charge in [-0.05, 0) is 67.4 Å². The molecule has 0 bridgehead atoms. The number of carbonyl (C=O) groups is 1. The summed E-state index contributed by atoms with van der Waals surface area (Å²) in [6.45, 7) is 1.60. The molecule has 37 heavy (non-hydrogen) atoms. The summed E-state index contributed by atoms with van der Waals surface area (Å²) in [7, 11) is -8.55. The Morgan fingerprint density at radius 2 is 1.38 bits per heavy atom. The van der Waals surface area contributed by atoms with E-state index in [-0.39, 0.29) is 48.7 Å². The van der Waals surface area contributed by atoms with E-state index in [4.69, 9.17) is 55.3 Å². The summed E-state index contributed by atoms with van der Waals surface area (Å²) in [4.78, 5) is 11.9. The second-order valence-electron chi connectivity index (χ2n) is 7.46. The average Bonchev–Trinajstić information content (AvgIpc) is 2.82. The second kappa shape index (κ2) is 12.2. The summed E-state index contributed by atoms with van der Waals surface area (Å²) >= 11 is 23.8. The molecule has 8 nitrogen and oxygen atoms in total. The van der Waals surface area contributed by atoms with Gasteiger partial charge >= 0.3 is 16.1 Å². The van der Waals surface area contributed by atoms with E-state index in [2.05, 4.69) is 4.72 Å². The van der Waals surface area contributed by atoms with Gasteiger partial charge in [-0.2, -0.15) is 13.1 Å². The fraction of sp³-hybridized carbons (Fsp3) is 0.174. The molecule has 3 rings (SSSR count). The Morgan fingerprint density at radius 1 is 0.838 bits per heavy atom. The zero-order chi connectivity index (χ0) is 27.4. The fourth-order valence-corrected chi connectivity index (χ4v) is 6.72. The lowest BCUT2D eigenvalue weighted by Crippen LogP contribution is -2.43. The van der Waals surface area contributed by atoms with Crippen LogP contribution < -0.4 is 8.91 Å². The molecule has 0 saturated heterocycles. The van der Waals surface area contributed by atoms with E-state index in [9.17, 15) is 21.6 Å². The number of hydrogen-bond acceptors (Lipinski definition) is 7. The summed E-state index contributed by atoms with van der Waals surface area (Å²) < 4.78 is 63.6. The molecule has 1 unspecified atom stereocenters. The third-order valence-electron chi connectivity index (χ3n) is 4.78. The Hall–Kier alpha value is -2.05. The zero-order valence-corrected chi connectivity index (χ0v) is 23.6. The standard InChI is InChI=1S/C23H19Cl4NO7S2/c1-2-34-23(29)20(28-36(30,31)21-12-15(24)5-9-18(21)26)11-14-3-7-17(8-4-14)35-37(32,33)22-13-16(25)6-10-19(22)27/h3-10,12-13,20,28H,2,11H2,1H3. The van der Waals surface area contributed by atoms with Crippen molar-refractivity contribution in [3.05, 3.63) is 86.3 Å². The molecule has 3 aromatic rings. The molecule has 1 atom stereocenters. The smallest absolute Gasteiger partial charge is 0.340 e. The highest BCUT2D eigenvalue weighted by Crippen LogP contribution is 2.28. The van der Waals surface area contributed by atoms with E-state index >= 15 is 0 Å². The lowest BCUT2D eigenvalue weighted by atomic mass is 10.1. The fourth-order valence-electron chi connectivity index (χ4n) is 3.11. The number of sulfonamides is 1. The molecule has 0 amide bonds. The predicted octanol–water partition coefficient (Wildman–Crippen LogP) is 5.52. The first-order valence-electron chi connectivity index (χ1n) is 10.4. The Bertz CT molecular complexity index is 1510. The highest BCUT2D eigenvalue weighted by Gasteiger charge is 2.29. The molecule has 0 aliphatic rings. The van der Waals surface area contributed by atoms with Crippen LogP contribution in [0.5, 0.6) is 5.75 Å². The van der Waals surface area contributed by atoms with Gasteiger partial charge in [-0.15, -0.1) is 0 Å². The van der Waals surface area contributed by atoms with Crippen molar-refractivity contribution in [2.75, 3.05) is 6.61 Å². The normalized spacial score (nSPS) is 12.7. The predicted molar refractivity (Wildman–Crippen MR) is 142 cm³/mol. The molecule has 0 aliphatic heterocycles. The minimum absolute atomic E-state index is 0.0195. The molecule has 0 fully saturated rings. The summed E-state index contributed by atoms with van der Waals surface area (Å²) in [5.41, 5.74) is 0.475. The van der Waals surface area contributed by atoms with Crippen LogP contribution in [0.15, 0.2) is 70.5 Å². The van der Waals surface area contributed by atoms with Gasteiger partial charge in [-0.1, -0.05) is 58.5 Å². The first kappa shape index (κ1) is 29.5. The third kappa shape index (κ3) is 7.73. The highest BCUT2D eigenvalue weighted by atomic mass is 35.5. The van der Waals surface area contributed by atoms with Crippen LogP contribution in [0.3, 0.4) is 0 Å². The lowest BCUT2D eigenvalue weighted by Gasteiger charge is -2.18. The van der Waals surface area contributed by atoms with E-state index in [1.165, 1.54) is 48.5 Å². The van der Waals surface area contributed by atoms with Crippen molar-refractivity contribution in [1.82, 2.24) is 4.72 Å². The van der Waals surface area contributed by atoms with Crippen LogP contribution in [-0.2, 0) is 36.1 Å². The number of carbonyl (C=O) groups excluding carboxylic acids is 1. The van der Waals surface area contributed by atoms with Gasteiger partial charge in [0.2, 0.25) is 10.0 Å². The first-order chi connectivity index (χ1) is 17.3. The minimum Gasteiger partial charge on any atom is -0.465 e. The van der Waals surface area contributed by atoms with Gasteiger partial charge in [-0.25, -0.2) is 8.42 Å². The van der Waals surface area contributed by atoms with Gasteiger partial charge in [-0.3, -0.25) is 4.79 Å². The molecule has 0 aromatic heterocycles. The van der Waals surface area contributed by atoms with Gasteiger partial charge < -0.3 is 8.92 Å². The molecular weight excluding hydrogens is 608 g/mol. The topological polar surface area (TPSA) is 116 Å². The van der Waals surface area contributed by atoms with Gasteiger partial charge in [0, 0.05) is 10.0 Å². The third-order valence-corrected chi connectivity index (χ3v) is 8.94. The molecule has 198 valence electrons. The largest absolute Gasteiger partial charge is 0.465 e. The quantitative estimate of drug-likeness (QED) is 0.233. The van der Waals surface area contributed by atoms with E-state index < -0.39 is 32.2 Å². The van der Waals surface area contributed by atoms with E-state index in [0.29, 0.717) is 5.56 Å². The number of benzene rings is 3. The second-order valence-corrected chi connectivity index (χ2v) is 12.3. The Morgan fingerprint density at radius 3 is 1.95 bits per heavy atom. The number of nitrogens with one attached hydrogen (secondary N) is 1. The lowest BCUT2D eigenvalue weighted by molar-refractivity contribution is -0.145. The van der Waals surface area contributed by atoms with Crippen molar-refractivity contribution in [2.24, 2.45) is 0 Å². The Balaban J connectivity index is 1.82. The van der Waals surface area contributed by atoms with E-state index in [1.54, 1.807) is 6.92 Å². The number of esters is 1. The zero-order valence-electron chi connectivity index (χ0n) is 19.0. The van der Waals surface area contributed by atoms with Gasteiger partial charge in [0.1, 0.15) is 21.6 Å². The highest BCUT2D eigenvalue weighted by molar-refractivity contribution is 7.89. The van der Waals surface area contributed by atoms with Crippen molar-refractivity contribution < 1.29 is 30.6 Å². The van der Waals surface area contributed by atoms with E-state index in [0.717, 1.165) is 12.1 Å². The molecule has 3 aromatic carbocycles. The van der Waals surface area contributed by atoms with E-state index in [1.807, 2.05) is 0 Å². The van der Waals surface area contributed by atoms with Crippen LogP contribution in [0.4, 0.5) is 0 Å². The molecular formula is C23H19Cl4NO7S2. The van der Waals surface area contributed by atoms with Crippen LogP contribution in [-0.4, -0.2) is 35.5 Å². The van der Waals surface area contributed by atoms with Crippen molar-refractivity contribution in [3.63, 3.8) is 0 Å². The number of ether oxygens (including phenoxy) is 1. The molecule has 0 radical (unpaired) electrons. The molecule has 14 heteroatoms. The van der Waals surface area contributed by atoms with Crippen molar-refractivity contribution in [1.29, 1.82) is 0 Å². The Kier molecular flexibility index (Phi) is 9.73. The summed E-state index contributed by atoms with van der Waals surface area (Å²) in [6, 6.07) is 12.1. The molecule has 0 saturated carbocycles. The van der Waals surface area contributed by atoms with Crippen LogP contribution in [0, 0.1) is 0 Å². The summed E-state index contributed by atoms with van der Waals surface area (Å²) in [5.74, 6) is -0.860. The van der Waals surface area contributed by atoms with Crippen molar-refractivity contribution >= 4 is 72.5 Å². The van der Waals surface area contributed by atoms with Crippen LogP contribution in [0.2, 0.25) is 20.1 Å². The van der Waals surface area contributed by atoms with Gasteiger partial charge in [0.25, 0.3) is 0 Å². The molecule has 1 N–H and O–H groups in total. The van der Waals surface area contributed by atoms with Gasteiger partial charge in [0.05, 0.1) is 16.7 Å². The van der Waals surface area contributed by atoms with Crippen molar-refractivity contribution in [3.8, 4) is 5.75 Å². The first-order valence-corrected chi connectivity index (χ1v) is 14.8. The van der Waals surface area contributed by atoms with Gasteiger partial charge in [0.15, 0.2) is 0 Å². The van der Waals surface area contributed by atoms with Crippen LogP contribution in [0.25, 0.3) is 0 Å². The maximum atomic E-state index is 12.9. The number of hydrogen-bond donors (Lipinski definition) is 1. The number of rotatable bonds is 10. The molecule has 0 heterocycles. The van der Waals surface area contributed by atoms with Crippen molar-refractivity contribution in [2.45, 2.75) is 29.2 Å². The molecule has 0 spiro atoms. The molecule has 0 aliphatic carbocycles. The minimum atomic E-state index is -4.29. The van der Waals surface area contributed by atoms with Crippen LogP contribution in [0.1, 0.15) is 12.5 Å². The maximum Gasteiger partial charge on any atom is 0.340 e. The average molecular weight is 627 g/mol. The number of halogens is 4. The monoisotopic (exact) mass is 625 g/mol. The maximum absolute atomic E-state index is 12.9. The van der Waals surface area contributed by atoms with Crippen LogP contribution >= 0.6 is 46.4 Å². The summed E-state index contributed by atoms with van der Waals surface area (Å²) in [6.07, 6.45) is -0.122. The Labute approximate surface area is 234 Å².